The minimum absolute atomic E-state index is 0.0425. The summed E-state index contributed by atoms with van der Waals surface area (Å²) < 4.78 is 50.9. The lowest BCUT2D eigenvalue weighted by Gasteiger charge is -2.21. The molecule has 0 amide bonds. The fourth-order valence-corrected chi connectivity index (χ4v) is 1.85. The molecule has 0 fully saturated rings. The highest BCUT2D eigenvalue weighted by molar-refractivity contribution is 5.27. The van der Waals surface area contributed by atoms with Gasteiger partial charge in [0.15, 0.2) is 0 Å². The van der Waals surface area contributed by atoms with Crippen molar-refractivity contribution in [3.8, 4) is 0 Å². The van der Waals surface area contributed by atoms with Gasteiger partial charge in [-0.15, -0.1) is 0 Å². The largest absolute Gasteiger partial charge is 0.419 e. The van der Waals surface area contributed by atoms with Crippen LogP contribution in [0.1, 0.15) is 17.5 Å². The number of hydrogen-bond acceptors (Lipinski definition) is 3. The Labute approximate surface area is 114 Å². The van der Waals surface area contributed by atoms with Gasteiger partial charge in [-0.25, -0.2) is 4.39 Å². The van der Waals surface area contributed by atoms with Gasteiger partial charge >= 0.3 is 6.18 Å². The van der Waals surface area contributed by atoms with E-state index in [9.17, 15) is 17.6 Å². The van der Waals surface area contributed by atoms with Crippen LogP contribution in [-0.2, 0) is 12.7 Å². The van der Waals surface area contributed by atoms with Gasteiger partial charge in [-0.1, -0.05) is 6.07 Å². The van der Waals surface area contributed by atoms with E-state index >= 15 is 0 Å². The van der Waals surface area contributed by atoms with E-state index in [1.165, 1.54) is 6.07 Å². The third kappa shape index (κ3) is 5.07. The molecule has 1 aromatic carbocycles. The third-order valence-corrected chi connectivity index (χ3v) is 2.79. The van der Waals surface area contributed by atoms with Gasteiger partial charge < -0.3 is 10.2 Å². The van der Waals surface area contributed by atoms with E-state index in [0.29, 0.717) is 18.5 Å². The first-order valence-corrected chi connectivity index (χ1v) is 6.18. The maximum absolute atomic E-state index is 13.1. The van der Waals surface area contributed by atoms with Crippen LogP contribution in [0.25, 0.3) is 0 Å². The fraction of sp³-hybridized carbons (Fsp3) is 0.538. The molecule has 0 aliphatic rings. The Hall–Kier alpha value is -1.18. The highest BCUT2D eigenvalue weighted by Crippen LogP contribution is 2.32. The number of halogens is 4. The smallest absolute Gasteiger partial charge is 0.396 e. The zero-order valence-corrected chi connectivity index (χ0v) is 10.8. The van der Waals surface area contributed by atoms with Crippen LogP contribution in [0, 0.1) is 5.82 Å². The van der Waals surface area contributed by atoms with Gasteiger partial charge in [-0.3, -0.25) is 4.90 Å². The molecule has 0 unspecified atom stereocenters. The molecule has 0 heterocycles. The maximum Gasteiger partial charge on any atom is 0.419 e. The lowest BCUT2D eigenvalue weighted by molar-refractivity contribution is -0.140. The SMILES string of the molecule is OCCCN(CCO)Cc1ccc(F)c(C(F)(F)F)c1. The lowest BCUT2D eigenvalue weighted by atomic mass is 10.1. The monoisotopic (exact) mass is 295 g/mol. The first-order chi connectivity index (χ1) is 9.38. The van der Waals surface area contributed by atoms with E-state index in [2.05, 4.69) is 0 Å². The summed E-state index contributed by atoms with van der Waals surface area (Å²) in [4.78, 5) is 1.70. The second-order valence-corrected chi connectivity index (χ2v) is 4.39. The van der Waals surface area contributed by atoms with Crippen LogP contribution in [0.5, 0.6) is 0 Å². The first-order valence-electron chi connectivity index (χ1n) is 6.18. The average Bonchev–Trinajstić information content (AvgIpc) is 2.37. The van der Waals surface area contributed by atoms with Crippen LogP contribution >= 0.6 is 0 Å². The molecular weight excluding hydrogens is 278 g/mol. The van der Waals surface area contributed by atoms with Gasteiger partial charge in [0.1, 0.15) is 5.82 Å². The number of alkyl halides is 3. The summed E-state index contributed by atoms with van der Waals surface area (Å²) in [6, 6.07) is 2.86. The molecule has 0 spiro atoms. The molecule has 2 N–H and O–H groups in total. The molecule has 1 rings (SSSR count). The number of benzene rings is 1. The van der Waals surface area contributed by atoms with Gasteiger partial charge in [-0.05, 0) is 24.1 Å². The third-order valence-electron chi connectivity index (χ3n) is 2.79. The molecule has 0 aromatic heterocycles. The van der Waals surface area contributed by atoms with E-state index < -0.39 is 17.6 Å². The van der Waals surface area contributed by atoms with Crippen LogP contribution in [0.3, 0.4) is 0 Å². The van der Waals surface area contributed by atoms with Gasteiger partial charge in [0.05, 0.1) is 12.2 Å². The second kappa shape index (κ2) is 7.56. The molecule has 0 bridgehead atoms. The van der Waals surface area contributed by atoms with Crippen LogP contribution in [-0.4, -0.2) is 41.4 Å². The number of rotatable bonds is 7. The Morgan fingerprint density at radius 3 is 2.30 bits per heavy atom. The Morgan fingerprint density at radius 2 is 1.75 bits per heavy atom. The topological polar surface area (TPSA) is 43.7 Å². The van der Waals surface area contributed by atoms with Crippen molar-refractivity contribution in [3.05, 3.63) is 35.1 Å². The summed E-state index contributed by atoms with van der Waals surface area (Å²) >= 11 is 0. The predicted octanol–water partition coefficient (Wildman–Crippen LogP) is 2.02. The summed E-state index contributed by atoms with van der Waals surface area (Å²) in [6.45, 7) is 0.691. The normalized spacial score (nSPS) is 12.2. The number of aliphatic hydroxyl groups excluding tert-OH is 2. The minimum Gasteiger partial charge on any atom is -0.396 e. The van der Waals surface area contributed by atoms with Crippen molar-refractivity contribution >= 4 is 0 Å². The second-order valence-electron chi connectivity index (χ2n) is 4.39. The summed E-state index contributed by atoms with van der Waals surface area (Å²) in [7, 11) is 0. The van der Waals surface area contributed by atoms with Crippen LogP contribution in [0.15, 0.2) is 18.2 Å². The fourth-order valence-electron chi connectivity index (χ4n) is 1.85. The van der Waals surface area contributed by atoms with Gasteiger partial charge in [0.2, 0.25) is 0 Å². The maximum atomic E-state index is 13.1. The van der Waals surface area contributed by atoms with Crippen LogP contribution < -0.4 is 0 Å². The zero-order chi connectivity index (χ0) is 15.2. The van der Waals surface area contributed by atoms with Crippen LogP contribution in [0.2, 0.25) is 0 Å². The van der Waals surface area contributed by atoms with Crippen molar-refractivity contribution in [2.75, 3.05) is 26.3 Å². The number of aliphatic hydroxyl groups is 2. The van der Waals surface area contributed by atoms with Crippen LogP contribution in [0.4, 0.5) is 17.6 Å². The van der Waals surface area contributed by atoms with Gasteiger partial charge in [-0.2, -0.15) is 13.2 Å². The molecule has 0 aliphatic heterocycles. The molecule has 0 saturated carbocycles. The molecule has 1 aromatic rings. The Bertz CT molecular complexity index is 423. The van der Waals surface area contributed by atoms with Gasteiger partial charge in [0.25, 0.3) is 0 Å². The van der Waals surface area contributed by atoms with E-state index in [4.69, 9.17) is 10.2 Å². The summed E-state index contributed by atoms with van der Waals surface area (Å²) in [5.74, 6) is -1.30. The Balaban J connectivity index is 2.85. The summed E-state index contributed by atoms with van der Waals surface area (Å²) in [5.41, 5.74) is -0.980. The molecule has 7 heteroatoms. The van der Waals surface area contributed by atoms with Gasteiger partial charge in [0, 0.05) is 26.2 Å². The van der Waals surface area contributed by atoms with E-state index in [-0.39, 0.29) is 26.3 Å². The molecule has 0 radical (unpaired) electrons. The zero-order valence-electron chi connectivity index (χ0n) is 10.8. The average molecular weight is 295 g/mol. The van der Waals surface area contributed by atoms with E-state index in [0.717, 1.165) is 12.1 Å². The van der Waals surface area contributed by atoms with Crippen molar-refractivity contribution in [1.82, 2.24) is 4.90 Å². The molecule has 0 atom stereocenters. The van der Waals surface area contributed by atoms with Crippen molar-refractivity contribution in [3.63, 3.8) is 0 Å². The highest BCUT2D eigenvalue weighted by atomic mass is 19.4. The lowest BCUT2D eigenvalue weighted by Crippen LogP contribution is -2.28. The van der Waals surface area contributed by atoms with Crippen molar-refractivity contribution in [1.29, 1.82) is 0 Å². The Morgan fingerprint density at radius 1 is 1.05 bits per heavy atom. The van der Waals surface area contributed by atoms with Crippen molar-refractivity contribution < 1.29 is 27.8 Å². The molecule has 0 saturated heterocycles. The molecule has 0 aliphatic carbocycles. The minimum atomic E-state index is -4.73. The van der Waals surface area contributed by atoms with E-state index in [1.54, 1.807) is 4.90 Å². The highest BCUT2D eigenvalue weighted by Gasteiger charge is 2.34. The number of nitrogens with zero attached hydrogens (tertiary/aromatic N) is 1. The molecule has 20 heavy (non-hydrogen) atoms. The van der Waals surface area contributed by atoms with Crippen molar-refractivity contribution in [2.24, 2.45) is 0 Å². The molecular formula is C13H17F4NO2. The molecule has 114 valence electrons. The predicted molar refractivity (Wildman–Crippen MR) is 65.5 cm³/mol. The summed E-state index contributed by atoms with van der Waals surface area (Å²) in [5, 5.41) is 17.6. The standard InChI is InChI=1S/C13H17F4NO2/c14-12-3-2-10(8-11(12)13(15,16)17)9-18(5-7-20)4-1-6-19/h2-3,8,19-20H,1,4-7,9H2. The first kappa shape index (κ1) is 16.9. The molecule has 3 nitrogen and oxygen atoms in total. The number of hydrogen-bond donors (Lipinski definition) is 2. The quantitative estimate of drug-likeness (QED) is 0.756. The van der Waals surface area contributed by atoms with E-state index in [1.807, 2.05) is 0 Å². The Kier molecular flexibility index (Phi) is 6.38. The van der Waals surface area contributed by atoms with Crippen molar-refractivity contribution in [2.45, 2.75) is 19.1 Å². The summed E-state index contributed by atoms with van der Waals surface area (Å²) in [6.07, 6.45) is -4.28.